The first kappa shape index (κ1) is 16.3. The molecule has 2 rings (SSSR count). The number of hydrogen-bond donors (Lipinski definition) is 2. The maximum Gasteiger partial charge on any atom is 0.131 e. The fraction of sp³-hybridized carbons (Fsp3) is 0.812. The van der Waals surface area contributed by atoms with Crippen LogP contribution in [0.25, 0.3) is 0 Å². The number of β-amino-alcohol motifs (C(OH)–C–C–N with tert-alkyl or cyclic N) is 1. The van der Waals surface area contributed by atoms with Gasteiger partial charge in [0, 0.05) is 37.8 Å². The lowest BCUT2D eigenvalue weighted by molar-refractivity contribution is 0.102. The molecule has 2 unspecified atom stereocenters. The number of piperidine rings is 1. The van der Waals surface area contributed by atoms with Gasteiger partial charge in [0.05, 0.1) is 11.8 Å². The maximum atomic E-state index is 10.2. The van der Waals surface area contributed by atoms with Crippen LogP contribution >= 0.6 is 0 Å². The lowest BCUT2D eigenvalue weighted by Gasteiger charge is -2.36. The summed E-state index contributed by atoms with van der Waals surface area (Å²) in [4.78, 5) is 2.28. The van der Waals surface area contributed by atoms with Crippen molar-refractivity contribution in [3.63, 3.8) is 0 Å². The third kappa shape index (κ3) is 3.77. The molecule has 0 radical (unpaired) electrons. The van der Waals surface area contributed by atoms with Gasteiger partial charge >= 0.3 is 0 Å². The Morgan fingerprint density at radius 1 is 1.38 bits per heavy atom. The molecule has 0 spiro atoms. The van der Waals surface area contributed by atoms with Gasteiger partial charge in [-0.25, -0.2) is 0 Å². The number of nitrogens with zero attached hydrogens (tertiary/aromatic N) is 3. The summed E-state index contributed by atoms with van der Waals surface area (Å²) in [7, 11) is 1.99. The van der Waals surface area contributed by atoms with E-state index in [-0.39, 0.29) is 11.6 Å². The minimum Gasteiger partial charge on any atom is -0.391 e. The molecule has 0 bridgehead atoms. The molecule has 0 aromatic carbocycles. The van der Waals surface area contributed by atoms with Crippen LogP contribution in [0.1, 0.15) is 45.4 Å². The predicted molar refractivity (Wildman–Crippen MR) is 86.5 cm³/mol. The molecule has 5 heteroatoms. The lowest BCUT2D eigenvalue weighted by atomic mass is 9.96. The number of nitrogens with one attached hydrogen (secondary N) is 1. The van der Waals surface area contributed by atoms with E-state index >= 15 is 0 Å². The third-order valence-corrected chi connectivity index (χ3v) is 4.33. The second-order valence-electron chi connectivity index (χ2n) is 7.39. The van der Waals surface area contributed by atoms with Gasteiger partial charge in [-0.15, -0.1) is 0 Å². The quantitative estimate of drug-likeness (QED) is 0.893. The van der Waals surface area contributed by atoms with Crippen LogP contribution in [0.15, 0.2) is 0 Å². The minimum absolute atomic E-state index is 0.0788. The van der Waals surface area contributed by atoms with E-state index in [9.17, 15) is 5.11 Å². The van der Waals surface area contributed by atoms with Crippen molar-refractivity contribution >= 4 is 5.82 Å². The Morgan fingerprint density at radius 3 is 2.62 bits per heavy atom. The Morgan fingerprint density at radius 2 is 2.05 bits per heavy atom. The third-order valence-electron chi connectivity index (χ3n) is 4.33. The summed E-state index contributed by atoms with van der Waals surface area (Å²) in [5, 5.41) is 18.3. The highest BCUT2D eigenvalue weighted by Gasteiger charge is 2.28. The summed E-state index contributed by atoms with van der Waals surface area (Å²) < 4.78 is 1.96. The summed E-state index contributed by atoms with van der Waals surface area (Å²) in [6, 6.07) is 0. The van der Waals surface area contributed by atoms with Gasteiger partial charge in [0.1, 0.15) is 5.82 Å². The number of rotatable bonds is 3. The van der Waals surface area contributed by atoms with Crippen LogP contribution in [-0.2, 0) is 13.6 Å². The van der Waals surface area contributed by atoms with Gasteiger partial charge in [-0.3, -0.25) is 4.68 Å². The van der Waals surface area contributed by atoms with Gasteiger partial charge in [0.25, 0.3) is 0 Å². The van der Waals surface area contributed by atoms with Crippen molar-refractivity contribution in [1.82, 2.24) is 15.1 Å². The van der Waals surface area contributed by atoms with Crippen molar-refractivity contribution in [3.05, 3.63) is 11.3 Å². The number of aromatic nitrogens is 2. The summed E-state index contributed by atoms with van der Waals surface area (Å²) in [6.07, 6.45) is 0.773. The van der Waals surface area contributed by atoms with Crippen LogP contribution in [0.5, 0.6) is 0 Å². The Balaban J connectivity index is 2.22. The molecule has 1 saturated heterocycles. The molecule has 1 fully saturated rings. The van der Waals surface area contributed by atoms with E-state index in [1.54, 1.807) is 0 Å². The monoisotopic (exact) mass is 294 g/mol. The molecule has 21 heavy (non-hydrogen) atoms. The van der Waals surface area contributed by atoms with E-state index in [4.69, 9.17) is 0 Å². The molecule has 2 heterocycles. The molecule has 120 valence electrons. The zero-order valence-corrected chi connectivity index (χ0v) is 14.3. The zero-order chi connectivity index (χ0) is 15.8. The average Bonchev–Trinajstić information content (AvgIpc) is 2.64. The Kier molecular flexibility index (Phi) is 4.63. The number of aliphatic hydroxyl groups excluding tert-OH is 1. The van der Waals surface area contributed by atoms with Crippen molar-refractivity contribution in [2.45, 2.75) is 59.2 Å². The van der Waals surface area contributed by atoms with E-state index < -0.39 is 0 Å². The van der Waals surface area contributed by atoms with Crippen molar-refractivity contribution in [2.75, 3.05) is 18.0 Å². The molecule has 1 aliphatic rings. The Bertz CT molecular complexity index is 489. The van der Waals surface area contributed by atoms with Gasteiger partial charge in [-0.05, 0) is 40.0 Å². The SMILES string of the molecule is Cc1nn(C)c(N2CCC(C)C(O)C2)c1CNC(C)(C)C. The van der Waals surface area contributed by atoms with Crippen LogP contribution in [-0.4, -0.2) is 39.6 Å². The van der Waals surface area contributed by atoms with Gasteiger partial charge in [0.2, 0.25) is 0 Å². The largest absolute Gasteiger partial charge is 0.391 e. The minimum atomic E-state index is -0.252. The van der Waals surface area contributed by atoms with E-state index in [0.29, 0.717) is 12.5 Å². The van der Waals surface area contributed by atoms with E-state index in [0.717, 1.165) is 31.0 Å². The standard InChI is InChI=1S/C16H30N4O/c1-11-7-8-20(10-14(11)21)15-13(9-17-16(3,4)5)12(2)18-19(15)6/h11,14,17,21H,7-10H2,1-6H3. The van der Waals surface area contributed by atoms with Crippen LogP contribution < -0.4 is 10.2 Å². The number of aliphatic hydroxyl groups is 1. The Labute approximate surface area is 128 Å². The molecule has 2 N–H and O–H groups in total. The summed E-state index contributed by atoms with van der Waals surface area (Å²) >= 11 is 0. The lowest BCUT2D eigenvalue weighted by Crippen LogP contribution is -2.44. The number of aryl methyl sites for hydroxylation is 2. The van der Waals surface area contributed by atoms with Crippen molar-refractivity contribution in [1.29, 1.82) is 0 Å². The van der Waals surface area contributed by atoms with E-state index in [2.05, 4.69) is 49.9 Å². The van der Waals surface area contributed by atoms with Crippen LogP contribution in [0.4, 0.5) is 5.82 Å². The van der Waals surface area contributed by atoms with Crippen LogP contribution in [0, 0.1) is 12.8 Å². The molecule has 0 amide bonds. The van der Waals surface area contributed by atoms with Crippen LogP contribution in [0.3, 0.4) is 0 Å². The maximum absolute atomic E-state index is 10.2. The molecule has 0 aliphatic carbocycles. The first-order valence-electron chi connectivity index (χ1n) is 7.89. The van der Waals surface area contributed by atoms with Gasteiger partial charge in [0.15, 0.2) is 0 Å². The first-order valence-corrected chi connectivity index (χ1v) is 7.89. The smallest absolute Gasteiger partial charge is 0.131 e. The molecular formula is C16H30N4O. The highest BCUT2D eigenvalue weighted by atomic mass is 16.3. The highest BCUT2D eigenvalue weighted by Crippen LogP contribution is 2.28. The molecule has 1 aromatic rings. The fourth-order valence-corrected chi connectivity index (χ4v) is 2.89. The molecule has 2 atom stereocenters. The molecule has 0 saturated carbocycles. The van der Waals surface area contributed by atoms with Crippen molar-refractivity contribution < 1.29 is 5.11 Å². The highest BCUT2D eigenvalue weighted by molar-refractivity contribution is 5.50. The average molecular weight is 294 g/mol. The van der Waals surface area contributed by atoms with Crippen molar-refractivity contribution in [3.8, 4) is 0 Å². The summed E-state index contributed by atoms with van der Waals surface area (Å²) in [5.74, 6) is 1.53. The number of hydrogen-bond acceptors (Lipinski definition) is 4. The summed E-state index contributed by atoms with van der Waals surface area (Å²) in [5.41, 5.74) is 2.39. The zero-order valence-electron chi connectivity index (χ0n) is 14.3. The van der Waals surface area contributed by atoms with Crippen LogP contribution in [0.2, 0.25) is 0 Å². The van der Waals surface area contributed by atoms with E-state index in [1.165, 1.54) is 5.56 Å². The first-order chi connectivity index (χ1) is 9.69. The number of anilines is 1. The fourth-order valence-electron chi connectivity index (χ4n) is 2.89. The predicted octanol–water partition coefficient (Wildman–Crippen LogP) is 1.82. The molecule has 1 aliphatic heterocycles. The van der Waals surface area contributed by atoms with Gasteiger partial charge in [-0.2, -0.15) is 5.10 Å². The van der Waals surface area contributed by atoms with Crippen molar-refractivity contribution in [2.24, 2.45) is 13.0 Å². The summed E-state index contributed by atoms with van der Waals surface area (Å²) in [6.45, 7) is 13.2. The normalized spacial score (nSPS) is 23.7. The molecule has 1 aromatic heterocycles. The second-order valence-corrected chi connectivity index (χ2v) is 7.39. The van der Waals surface area contributed by atoms with E-state index in [1.807, 2.05) is 11.7 Å². The second kappa shape index (κ2) is 5.97. The van der Waals surface area contributed by atoms with Gasteiger partial charge < -0.3 is 15.3 Å². The molecule has 5 nitrogen and oxygen atoms in total. The van der Waals surface area contributed by atoms with Gasteiger partial charge in [-0.1, -0.05) is 6.92 Å². The molecular weight excluding hydrogens is 264 g/mol. The Hall–Kier alpha value is -1.07. The topological polar surface area (TPSA) is 53.3 Å².